The molecule has 1 atom stereocenters. The maximum atomic E-state index is 13.9. The van der Waals surface area contributed by atoms with Gasteiger partial charge in [-0.1, -0.05) is 64.5 Å². The van der Waals surface area contributed by atoms with Crippen LogP contribution in [0.2, 0.25) is 0 Å². The predicted octanol–water partition coefficient (Wildman–Crippen LogP) is 3.61. The second kappa shape index (κ2) is 7.03. The summed E-state index contributed by atoms with van der Waals surface area (Å²) >= 11 is 3.35. The Bertz CT molecular complexity index is 1310. The highest BCUT2D eigenvalue weighted by Crippen LogP contribution is 2.52. The summed E-state index contributed by atoms with van der Waals surface area (Å²) in [5, 5.41) is 0. The molecule has 2 amide bonds. The molecule has 0 unspecified atom stereocenters. The lowest BCUT2D eigenvalue weighted by Crippen LogP contribution is -2.54. The molecule has 1 saturated heterocycles. The summed E-state index contributed by atoms with van der Waals surface area (Å²) in [6.45, 7) is 0.205. The summed E-state index contributed by atoms with van der Waals surface area (Å²) in [5.41, 5.74) is 2.03. The molecule has 1 fully saturated rings. The molecule has 31 heavy (non-hydrogen) atoms. The maximum absolute atomic E-state index is 13.9. The van der Waals surface area contributed by atoms with E-state index in [9.17, 15) is 18.0 Å². The number of hydrogen-bond donors (Lipinski definition) is 0. The first kappa shape index (κ1) is 20.0. The van der Waals surface area contributed by atoms with E-state index in [1.807, 2.05) is 30.3 Å². The zero-order valence-electron chi connectivity index (χ0n) is 16.2. The highest BCUT2D eigenvalue weighted by molar-refractivity contribution is 9.10. The van der Waals surface area contributed by atoms with Gasteiger partial charge in [0.15, 0.2) is 9.84 Å². The van der Waals surface area contributed by atoms with Crippen molar-refractivity contribution in [3.8, 4) is 0 Å². The SMILES string of the molecule is O=C1CS(=O)(=O)[C@]2(C(=O)N(Cc3ccccc3)c3ccccc32)N1c1ccc(Br)cc1. The Kier molecular flexibility index (Phi) is 4.53. The molecule has 8 heteroatoms. The molecule has 2 heterocycles. The number of anilines is 2. The molecule has 0 N–H and O–H groups in total. The monoisotopic (exact) mass is 496 g/mol. The minimum atomic E-state index is -4.16. The molecule has 6 nitrogen and oxygen atoms in total. The number of amides is 2. The molecule has 0 aromatic heterocycles. The van der Waals surface area contributed by atoms with Gasteiger partial charge in [-0.2, -0.15) is 0 Å². The average molecular weight is 497 g/mol. The van der Waals surface area contributed by atoms with Crippen LogP contribution in [0.25, 0.3) is 0 Å². The Morgan fingerprint density at radius 3 is 2.23 bits per heavy atom. The largest absolute Gasteiger partial charge is 0.304 e. The molecule has 0 aliphatic carbocycles. The van der Waals surface area contributed by atoms with Crippen molar-refractivity contribution < 1.29 is 18.0 Å². The number of carbonyl (C=O) groups is 2. The number of sulfone groups is 1. The molecule has 2 aliphatic rings. The van der Waals surface area contributed by atoms with Crippen molar-refractivity contribution in [3.63, 3.8) is 0 Å². The molecule has 3 aromatic rings. The van der Waals surface area contributed by atoms with Crippen LogP contribution in [-0.2, 0) is 30.8 Å². The van der Waals surface area contributed by atoms with E-state index in [4.69, 9.17) is 0 Å². The van der Waals surface area contributed by atoms with Gasteiger partial charge in [-0.3, -0.25) is 14.5 Å². The van der Waals surface area contributed by atoms with Gasteiger partial charge in [-0.05, 0) is 35.9 Å². The second-order valence-electron chi connectivity index (χ2n) is 7.50. The van der Waals surface area contributed by atoms with Crippen molar-refractivity contribution in [3.05, 3.63) is 94.5 Å². The van der Waals surface area contributed by atoms with Crippen molar-refractivity contribution in [2.75, 3.05) is 15.6 Å². The van der Waals surface area contributed by atoms with E-state index in [2.05, 4.69) is 15.9 Å². The molecule has 0 saturated carbocycles. The summed E-state index contributed by atoms with van der Waals surface area (Å²) in [5.74, 6) is -1.97. The number of hydrogen-bond acceptors (Lipinski definition) is 4. The summed E-state index contributed by atoms with van der Waals surface area (Å²) in [7, 11) is -4.16. The number of rotatable bonds is 3. The summed E-state index contributed by atoms with van der Waals surface area (Å²) in [4.78, 5) is 27.5. The normalized spacial score (nSPS) is 21.7. The van der Waals surface area contributed by atoms with Gasteiger partial charge in [0.25, 0.3) is 10.8 Å². The summed E-state index contributed by atoms with van der Waals surface area (Å²) < 4.78 is 27.8. The average Bonchev–Trinajstić information content (AvgIpc) is 3.13. The van der Waals surface area contributed by atoms with Gasteiger partial charge >= 0.3 is 0 Å². The molecule has 1 spiro atoms. The van der Waals surface area contributed by atoms with Crippen molar-refractivity contribution in [2.24, 2.45) is 0 Å². The smallest absolute Gasteiger partial charge is 0.274 e. The fraction of sp³-hybridized carbons (Fsp3) is 0.130. The van der Waals surface area contributed by atoms with Crippen LogP contribution in [0.5, 0.6) is 0 Å². The molecule has 156 valence electrons. The van der Waals surface area contributed by atoms with Crippen LogP contribution in [0.15, 0.2) is 83.3 Å². The lowest BCUT2D eigenvalue weighted by Gasteiger charge is -2.32. The van der Waals surface area contributed by atoms with Gasteiger partial charge in [0.1, 0.15) is 5.75 Å². The van der Waals surface area contributed by atoms with Gasteiger partial charge in [0, 0.05) is 15.7 Å². The Labute approximate surface area is 188 Å². The van der Waals surface area contributed by atoms with E-state index < -0.39 is 32.3 Å². The van der Waals surface area contributed by atoms with Crippen LogP contribution in [-0.4, -0.2) is 26.0 Å². The van der Waals surface area contributed by atoms with E-state index in [-0.39, 0.29) is 6.54 Å². The molecule has 2 aliphatic heterocycles. The Morgan fingerprint density at radius 2 is 1.52 bits per heavy atom. The number of nitrogens with zero attached hydrogens (tertiary/aromatic N) is 2. The Morgan fingerprint density at radius 1 is 0.871 bits per heavy atom. The highest BCUT2D eigenvalue weighted by atomic mass is 79.9. The predicted molar refractivity (Wildman–Crippen MR) is 121 cm³/mol. The molecule has 3 aromatic carbocycles. The molecular weight excluding hydrogens is 480 g/mol. The number of para-hydroxylation sites is 1. The first-order valence-electron chi connectivity index (χ1n) is 9.62. The maximum Gasteiger partial charge on any atom is 0.274 e. The fourth-order valence-corrected chi connectivity index (χ4v) is 6.70. The summed E-state index contributed by atoms with van der Waals surface area (Å²) in [6.07, 6.45) is 0. The van der Waals surface area contributed by atoms with Crippen LogP contribution < -0.4 is 9.80 Å². The second-order valence-corrected chi connectivity index (χ2v) is 10.5. The third-order valence-electron chi connectivity index (χ3n) is 5.69. The third-order valence-corrected chi connectivity index (χ3v) is 8.32. The quantitative estimate of drug-likeness (QED) is 0.554. The van der Waals surface area contributed by atoms with Gasteiger partial charge in [-0.15, -0.1) is 0 Å². The van der Waals surface area contributed by atoms with Crippen LogP contribution in [0.1, 0.15) is 11.1 Å². The van der Waals surface area contributed by atoms with Crippen molar-refractivity contribution in [1.29, 1.82) is 0 Å². The highest BCUT2D eigenvalue weighted by Gasteiger charge is 2.69. The lowest BCUT2D eigenvalue weighted by molar-refractivity contribution is -0.123. The zero-order chi connectivity index (χ0) is 21.8. The van der Waals surface area contributed by atoms with Gasteiger partial charge < -0.3 is 4.90 Å². The van der Waals surface area contributed by atoms with E-state index in [0.29, 0.717) is 16.9 Å². The van der Waals surface area contributed by atoms with Crippen LogP contribution in [0, 0.1) is 0 Å². The van der Waals surface area contributed by atoms with E-state index >= 15 is 0 Å². The van der Waals surface area contributed by atoms with Crippen molar-refractivity contribution in [1.82, 2.24) is 0 Å². The number of halogens is 1. The standard InChI is InChI=1S/C23H17BrN2O4S/c24-17-10-12-18(13-11-17)26-21(27)15-31(29,30)23(26)19-8-4-5-9-20(19)25(22(23)28)14-16-6-2-1-3-7-16/h1-13H,14-15H2/t23-/m1/s1. The lowest BCUT2D eigenvalue weighted by atomic mass is 10.0. The van der Waals surface area contributed by atoms with E-state index in [0.717, 1.165) is 14.9 Å². The van der Waals surface area contributed by atoms with Crippen LogP contribution in [0.4, 0.5) is 11.4 Å². The molecule has 0 bridgehead atoms. The van der Waals surface area contributed by atoms with Gasteiger partial charge in [0.05, 0.1) is 12.2 Å². The number of carbonyl (C=O) groups excluding carboxylic acids is 2. The number of fused-ring (bicyclic) bond motifs is 2. The van der Waals surface area contributed by atoms with Gasteiger partial charge in [-0.25, -0.2) is 8.42 Å². The first-order valence-corrected chi connectivity index (χ1v) is 12.1. The fourth-order valence-electron chi connectivity index (χ4n) is 4.40. The molecular formula is C23H17BrN2O4S. The minimum absolute atomic E-state index is 0.205. The zero-order valence-corrected chi connectivity index (χ0v) is 18.6. The molecule has 0 radical (unpaired) electrons. The van der Waals surface area contributed by atoms with Crippen molar-refractivity contribution in [2.45, 2.75) is 11.4 Å². The minimum Gasteiger partial charge on any atom is -0.304 e. The Hall–Kier alpha value is -2.97. The molecule has 5 rings (SSSR count). The topological polar surface area (TPSA) is 74.8 Å². The van der Waals surface area contributed by atoms with Crippen molar-refractivity contribution >= 4 is 49.0 Å². The van der Waals surface area contributed by atoms with Gasteiger partial charge in [0.2, 0.25) is 5.91 Å². The first-order chi connectivity index (χ1) is 14.9. The van der Waals surface area contributed by atoms with E-state index in [1.165, 1.54) is 4.90 Å². The third kappa shape index (κ3) is 2.78. The Balaban J connectivity index is 1.75. The summed E-state index contributed by atoms with van der Waals surface area (Å²) in [6, 6.07) is 22.9. The van der Waals surface area contributed by atoms with Crippen LogP contribution in [0.3, 0.4) is 0 Å². The van der Waals surface area contributed by atoms with E-state index in [1.54, 1.807) is 48.5 Å². The van der Waals surface area contributed by atoms with Crippen LogP contribution >= 0.6 is 15.9 Å². The number of benzene rings is 3.